The Bertz CT molecular complexity index is 646. The van der Waals surface area contributed by atoms with Crippen molar-refractivity contribution < 1.29 is 4.79 Å². The van der Waals surface area contributed by atoms with Crippen LogP contribution in [0.15, 0.2) is 23.6 Å². The summed E-state index contributed by atoms with van der Waals surface area (Å²) in [6.45, 7) is 0. The van der Waals surface area contributed by atoms with Crippen LogP contribution < -0.4 is 5.32 Å². The summed E-state index contributed by atoms with van der Waals surface area (Å²) in [6, 6.07) is 5.04. The molecule has 1 aliphatic rings. The van der Waals surface area contributed by atoms with Crippen molar-refractivity contribution in [3.8, 4) is 0 Å². The molecule has 2 nitrogen and oxygen atoms in total. The first-order chi connectivity index (χ1) is 9.63. The fourth-order valence-corrected chi connectivity index (χ4v) is 4.16. The Balaban J connectivity index is 1.84. The van der Waals surface area contributed by atoms with E-state index in [1.54, 1.807) is 29.5 Å². The van der Waals surface area contributed by atoms with Crippen LogP contribution in [0.25, 0.3) is 0 Å². The van der Waals surface area contributed by atoms with Gasteiger partial charge >= 0.3 is 0 Å². The smallest absolute Gasteiger partial charge is 0.256 e. The van der Waals surface area contributed by atoms with Crippen molar-refractivity contribution in [2.24, 2.45) is 0 Å². The number of rotatable bonds is 2. The molecule has 1 aromatic heterocycles. The molecule has 0 spiro atoms. The number of hydrogen-bond acceptors (Lipinski definition) is 2. The molecule has 0 saturated heterocycles. The molecule has 1 aromatic carbocycles. The summed E-state index contributed by atoms with van der Waals surface area (Å²) >= 11 is 13.6. The zero-order chi connectivity index (χ0) is 14.1. The van der Waals surface area contributed by atoms with E-state index in [0.717, 1.165) is 24.8 Å². The van der Waals surface area contributed by atoms with Crippen LogP contribution in [-0.4, -0.2) is 5.91 Å². The van der Waals surface area contributed by atoms with Gasteiger partial charge in [0.05, 0.1) is 5.56 Å². The number of thiophene rings is 1. The largest absolute Gasteiger partial charge is 0.322 e. The average Bonchev–Trinajstić information content (AvgIpc) is 2.81. The number of benzene rings is 1. The van der Waals surface area contributed by atoms with E-state index in [1.807, 2.05) is 5.38 Å². The van der Waals surface area contributed by atoms with Crippen LogP contribution in [0, 0.1) is 0 Å². The standard InChI is InChI=1S/C15H13Cl2NOS/c16-9-5-10(17)7-11(6-9)18-15(19)13-8-20-14-4-2-1-3-12(13)14/h5-8H,1-4H2,(H,18,19). The molecule has 1 amide bonds. The normalized spacial score (nSPS) is 13.9. The van der Waals surface area contributed by atoms with E-state index >= 15 is 0 Å². The molecule has 1 heterocycles. The molecule has 3 rings (SSSR count). The third-order valence-electron chi connectivity index (χ3n) is 3.43. The number of nitrogens with one attached hydrogen (secondary N) is 1. The summed E-state index contributed by atoms with van der Waals surface area (Å²) in [5.74, 6) is -0.0808. The van der Waals surface area contributed by atoms with Crippen molar-refractivity contribution >= 4 is 46.1 Å². The highest BCUT2D eigenvalue weighted by atomic mass is 35.5. The molecule has 1 N–H and O–H groups in total. The SMILES string of the molecule is O=C(Nc1cc(Cl)cc(Cl)c1)c1csc2c1CCCC2. The summed E-state index contributed by atoms with van der Waals surface area (Å²) in [4.78, 5) is 13.7. The van der Waals surface area contributed by atoms with E-state index in [9.17, 15) is 4.79 Å². The lowest BCUT2D eigenvalue weighted by atomic mass is 9.95. The van der Waals surface area contributed by atoms with Gasteiger partial charge in [-0.05, 0) is 49.4 Å². The van der Waals surface area contributed by atoms with Crippen molar-refractivity contribution in [2.45, 2.75) is 25.7 Å². The maximum Gasteiger partial charge on any atom is 0.256 e. The predicted molar refractivity (Wildman–Crippen MR) is 85.4 cm³/mol. The molecule has 20 heavy (non-hydrogen) atoms. The van der Waals surface area contributed by atoms with Crippen LogP contribution in [0.3, 0.4) is 0 Å². The summed E-state index contributed by atoms with van der Waals surface area (Å²) < 4.78 is 0. The zero-order valence-electron chi connectivity index (χ0n) is 10.7. The Hall–Kier alpha value is -1.03. The lowest BCUT2D eigenvalue weighted by Crippen LogP contribution is -2.14. The van der Waals surface area contributed by atoms with Crippen molar-refractivity contribution in [3.05, 3.63) is 49.6 Å². The Morgan fingerprint density at radius 2 is 1.80 bits per heavy atom. The predicted octanol–water partition coefficient (Wildman–Crippen LogP) is 5.19. The lowest BCUT2D eigenvalue weighted by molar-refractivity contribution is 0.102. The maximum atomic E-state index is 12.4. The minimum absolute atomic E-state index is 0.0808. The molecular formula is C15H13Cl2NOS. The van der Waals surface area contributed by atoms with Gasteiger partial charge in [-0.25, -0.2) is 0 Å². The van der Waals surface area contributed by atoms with E-state index < -0.39 is 0 Å². The number of amides is 1. The Morgan fingerprint density at radius 3 is 2.55 bits per heavy atom. The molecule has 0 unspecified atom stereocenters. The van der Waals surface area contributed by atoms with Gasteiger partial charge in [0.15, 0.2) is 0 Å². The zero-order valence-corrected chi connectivity index (χ0v) is 13.0. The van der Waals surface area contributed by atoms with Crippen molar-refractivity contribution in [1.29, 1.82) is 0 Å². The van der Waals surface area contributed by atoms with Crippen LogP contribution in [-0.2, 0) is 12.8 Å². The van der Waals surface area contributed by atoms with E-state index in [2.05, 4.69) is 5.32 Å². The van der Waals surface area contributed by atoms with Gasteiger partial charge in [-0.3, -0.25) is 4.79 Å². The number of hydrogen-bond donors (Lipinski definition) is 1. The van der Waals surface area contributed by atoms with E-state index in [4.69, 9.17) is 23.2 Å². The van der Waals surface area contributed by atoms with Crippen LogP contribution in [0.5, 0.6) is 0 Å². The fraction of sp³-hybridized carbons (Fsp3) is 0.267. The third-order valence-corrected chi connectivity index (χ3v) is 4.95. The topological polar surface area (TPSA) is 29.1 Å². The molecule has 104 valence electrons. The molecule has 0 aliphatic heterocycles. The van der Waals surface area contributed by atoms with Gasteiger partial charge in [0, 0.05) is 26.0 Å². The van der Waals surface area contributed by atoms with Crippen LogP contribution >= 0.6 is 34.5 Å². The van der Waals surface area contributed by atoms with Gasteiger partial charge in [-0.15, -0.1) is 11.3 Å². The molecule has 1 aliphatic carbocycles. The molecule has 0 saturated carbocycles. The molecule has 0 fully saturated rings. The summed E-state index contributed by atoms with van der Waals surface area (Å²) in [5, 5.41) is 5.86. The van der Waals surface area contributed by atoms with Crippen LogP contribution in [0.2, 0.25) is 10.0 Å². The molecule has 2 aromatic rings. The summed E-state index contributed by atoms with van der Waals surface area (Å²) in [5.41, 5.74) is 2.64. The maximum absolute atomic E-state index is 12.4. The molecule has 0 radical (unpaired) electrons. The highest BCUT2D eigenvalue weighted by Crippen LogP contribution is 2.31. The Kier molecular flexibility index (Phi) is 4.01. The number of carbonyl (C=O) groups is 1. The molecular weight excluding hydrogens is 313 g/mol. The highest BCUT2D eigenvalue weighted by molar-refractivity contribution is 7.10. The number of fused-ring (bicyclic) bond motifs is 1. The van der Waals surface area contributed by atoms with Gasteiger partial charge in [-0.1, -0.05) is 23.2 Å². The fourth-order valence-electron chi connectivity index (χ4n) is 2.51. The number of carbonyl (C=O) groups excluding carboxylic acids is 1. The van der Waals surface area contributed by atoms with Gasteiger partial charge in [0.2, 0.25) is 0 Å². The molecule has 5 heteroatoms. The van der Waals surface area contributed by atoms with Gasteiger partial charge < -0.3 is 5.32 Å². The van der Waals surface area contributed by atoms with Crippen molar-refractivity contribution in [1.82, 2.24) is 0 Å². The quantitative estimate of drug-likeness (QED) is 0.809. The second-order valence-electron chi connectivity index (χ2n) is 4.87. The summed E-state index contributed by atoms with van der Waals surface area (Å²) in [7, 11) is 0. The second-order valence-corrected chi connectivity index (χ2v) is 6.71. The molecule has 0 bridgehead atoms. The first-order valence-corrected chi connectivity index (χ1v) is 8.14. The number of anilines is 1. The first kappa shape index (κ1) is 13.9. The van der Waals surface area contributed by atoms with Crippen LogP contribution in [0.4, 0.5) is 5.69 Å². The van der Waals surface area contributed by atoms with E-state index in [1.165, 1.54) is 16.9 Å². The monoisotopic (exact) mass is 325 g/mol. The minimum atomic E-state index is -0.0808. The van der Waals surface area contributed by atoms with Crippen molar-refractivity contribution in [3.63, 3.8) is 0 Å². The Morgan fingerprint density at radius 1 is 1.10 bits per heavy atom. The Labute approximate surface area is 131 Å². The van der Waals surface area contributed by atoms with E-state index in [-0.39, 0.29) is 5.91 Å². The lowest BCUT2D eigenvalue weighted by Gasteiger charge is -2.13. The summed E-state index contributed by atoms with van der Waals surface area (Å²) in [6.07, 6.45) is 4.47. The minimum Gasteiger partial charge on any atom is -0.322 e. The number of aryl methyl sites for hydroxylation is 1. The van der Waals surface area contributed by atoms with Crippen LogP contribution in [0.1, 0.15) is 33.6 Å². The first-order valence-electron chi connectivity index (χ1n) is 6.50. The van der Waals surface area contributed by atoms with Crippen molar-refractivity contribution in [2.75, 3.05) is 5.32 Å². The highest BCUT2D eigenvalue weighted by Gasteiger charge is 2.20. The van der Waals surface area contributed by atoms with Gasteiger partial charge in [0.1, 0.15) is 0 Å². The van der Waals surface area contributed by atoms with Gasteiger partial charge in [-0.2, -0.15) is 0 Å². The average molecular weight is 326 g/mol. The molecule has 0 atom stereocenters. The third kappa shape index (κ3) is 2.85. The number of halogens is 2. The van der Waals surface area contributed by atoms with E-state index in [0.29, 0.717) is 15.7 Å². The second kappa shape index (κ2) is 5.76. The van der Waals surface area contributed by atoms with Gasteiger partial charge in [0.25, 0.3) is 5.91 Å².